The molecule has 25 heavy (non-hydrogen) atoms. The van der Waals surface area contributed by atoms with Crippen LogP contribution in [0.2, 0.25) is 0 Å². The first kappa shape index (κ1) is 17.3. The summed E-state index contributed by atoms with van der Waals surface area (Å²) < 4.78 is 6.53. The van der Waals surface area contributed by atoms with Crippen LogP contribution in [0.1, 0.15) is 63.9 Å². The van der Waals surface area contributed by atoms with Crippen molar-refractivity contribution in [1.29, 1.82) is 0 Å². The van der Waals surface area contributed by atoms with Gasteiger partial charge in [-0.15, -0.1) is 0 Å². The number of benzene rings is 1. The highest BCUT2D eigenvalue weighted by molar-refractivity contribution is 5.48. The molecule has 0 aliphatic heterocycles. The second kappa shape index (κ2) is 6.25. The molecule has 0 heterocycles. The molecule has 1 spiro atoms. The van der Waals surface area contributed by atoms with E-state index in [1.807, 2.05) is 6.07 Å². The maximum atomic E-state index is 10.5. The molecule has 4 fully saturated rings. The summed E-state index contributed by atoms with van der Waals surface area (Å²) in [4.78, 5) is 0. The minimum Gasteiger partial charge on any atom is -0.396 e. The van der Waals surface area contributed by atoms with E-state index >= 15 is 0 Å². The predicted molar refractivity (Wildman–Crippen MR) is 101 cm³/mol. The van der Waals surface area contributed by atoms with Gasteiger partial charge in [-0.3, -0.25) is 0 Å². The zero-order valence-electron chi connectivity index (χ0n) is 15.6. The van der Waals surface area contributed by atoms with Gasteiger partial charge in [0.1, 0.15) is 0 Å². The van der Waals surface area contributed by atoms with E-state index in [1.165, 1.54) is 43.2 Å². The van der Waals surface area contributed by atoms with Crippen LogP contribution in [-0.2, 0) is 11.3 Å². The van der Waals surface area contributed by atoms with E-state index < -0.39 is 0 Å². The Morgan fingerprint density at radius 1 is 1.20 bits per heavy atom. The van der Waals surface area contributed by atoms with Crippen molar-refractivity contribution < 1.29 is 9.84 Å². The van der Waals surface area contributed by atoms with Gasteiger partial charge < -0.3 is 9.84 Å². The summed E-state index contributed by atoms with van der Waals surface area (Å²) in [6.45, 7) is 7.83. The Labute approximate surface area is 152 Å². The topological polar surface area (TPSA) is 29.5 Å². The lowest BCUT2D eigenvalue weighted by atomic mass is 9.34. The molecule has 1 N–H and O–H groups in total. The van der Waals surface area contributed by atoms with Crippen molar-refractivity contribution in [3.63, 3.8) is 0 Å². The molecule has 4 saturated carbocycles. The summed E-state index contributed by atoms with van der Waals surface area (Å²) in [7, 11) is 0. The van der Waals surface area contributed by atoms with Crippen molar-refractivity contribution in [2.24, 2.45) is 16.2 Å². The van der Waals surface area contributed by atoms with E-state index in [0.29, 0.717) is 13.2 Å². The van der Waals surface area contributed by atoms with Crippen LogP contribution in [0.4, 0.5) is 0 Å². The van der Waals surface area contributed by atoms with E-state index in [2.05, 4.69) is 37.8 Å². The van der Waals surface area contributed by atoms with Crippen molar-refractivity contribution in [1.82, 2.24) is 0 Å². The first-order chi connectivity index (χ1) is 12.2. The fourth-order valence-corrected chi connectivity index (χ4v) is 6.84. The summed E-state index contributed by atoms with van der Waals surface area (Å²) in [6, 6.07) is 10.5. The van der Waals surface area contributed by atoms with Gasteiger partial charge in [0.05, 0.1) is 19.3 Å². The second-order valence-corrected chi connectivity index (χ2v) is 8.57. The summed E-state index contributed by atoms with van der Waals surface area (Å²) >= 11 is 0. The molecular weight excluding hydrogens is 308 g/mol. The van der Waals surface area contributed by atoms with Crippen LogP contribution in [0.5, 0.6) is 0 Å². The highest BCUT2D eigenvalue weighted by Crippen LogP contribution is 2.86. The zero-order chi connectivity index (χ0) is 17.5. The highest BCUT2D eigenvalue weighted by atomic mass is 16.5. The quantitative estimate of drug-likeness (QED) is 0.686. The van der Waals surface area contributed by atoms with Gasteiger partial charge in [0, 0.05) is 16.2 Å². The molecule has 0 saturated heterocycles. The van der Waals surface area contributed by atoms with Gasteiger partial charge in [0.15, 0.2) is 0 Å². The molecule has 2 nitrogen and oxygen atoms in total. The summed E-state index contributed by atoms with van der Waals surface area (Å²) in [5, 5.41) is 10.5. The molecule has 1 aromatic rings. The van der Waals surface area contributed by atoms with Crippen molar-refractivity contribution >= 4 is 0 Å². The average molecular weight is 341 g/mol. The van der Waals surface area contributed by atoms with Crippen molar-refractivity contribution in [3.05, 3.63) is 48.0 Å². The molecule has 5 rings (SSSR count). The number of rotatable bonds is 7. The van der Waals surface area contributed by atoms with Crippen LogP contribution >= 0.6 is 0 Å². The molecule has 4 atom stereocenters. The van der Waals surface area contributed by atoms with Crippen LogP contribution in [-0.4, -0.2) is 17.8 Å². The van der Waals surface area contributed by atoms with Gasteiger partial charge in [0.25, 0.3) is 0 Å². The molecule has 0 radical (unpaired) electrons. The lowest BCUT2D eigenvalue weighted by Crippen LogP contribution is -2.66. The lowest BCUT2D eigenvalue weighted by Gasteiger charge is -2.69. The fourth-order valence-electron chi connectivity index (χ4n) is 6.84. The molecule has 0 aromatic heterocycles. The van der Waals surface area contributed by atoms with Gasteiger partial charge >= 0.3 is 0 Å². The Kier molecular flexibility index (Phi) is 4.32. The minimum absolute atomic E-state index is 0.0303. The molecule has 2 unspecified atom stereocenters. The maximum absolute atomic E-state index is 10.5. The van der Waals surface area contributed by atoms with Gasteiger partial charge in [-0.25, -0.2) is 0 Å². The third-order valence-corrected chi connectivity index (χ3v) is 7.92. The summed E-state index contributed by atoms with van der Waals surface area (Å²) in [5.74, 6) is 0. The number of unbranched alkanes of at least 4 members (excludes halogenated alkanes) is 1. The summed E-state index contributed by atoms with van der Waals surface area (Å²) in [6.07, 6.45) is 9.70. The first-order valence-corrected chi connectivity index (χ1v) is 10.1. The van der Waals surface area contributed by atoms with Crippen molar-refractivity contribution in [2.45, 2.75) is 71.0 Å². The average Bonchev–Trinajstić information content (AvgIpc) is 3.07. The SMILES string of the molecule is C=C1C2(CCCC)C[C@H](OCc3ccccc3)C13CCCC[C@@]23CO. The zero-order valence-corrected chi connectivity index (χ0v) is 15.6. The van der Waals surface area contributed by atoms with Gasteiger partial charge in [-0.2, -0.15) is 0 Å². The Balaban J connectivity index is 1.62. The largest absolute Gasteiger partial charge is 0.396 e. The molecule has 1 aromatic carbocycles. The van der Waals surface area contributed by atoms with Gasteiger partial charge in [-0.05, 0) is 31.2 Å². The molecule has 0 amide bonds. The normalized spacial score (nSPS) is 39.1. The lowest BCUT2D eigenvalue weighted by molar-refractivity contribution is -0.178. The number of aliphatic hydroxyl groups is 1. The third-order valence-electron chi connectivity index (χ3n) is 7.92. The van der Waals surface area contributed by atoms with Crippen molar-refractivity contribution in [3.8, 4) is 0 Å². The minimum atomic E-state index is 0.0303. The van der Waals surface area contributed by atoms with E-state index in [1.54, 1.807) is 0 Å². The van der Waals surface area contributed by atoms with Gasteiger partial charge in [-0.1, -0.05) is 75.1 Å². The fraction of sp³-hybridized carbons (Fsp3) is 0.652. The molecule has 136 valence electrons. The Hall–Kier alpha value is -1.12. The molecule has 2 heteroatoms. The number of hydrogen-bond donors (Lipinski definition) is 1. The Bertz CT molecular complexity index is 639. The van der Waals surface area contributed by atoms with Crippen LogP contribution in [0.3, 0.4) is 0 Å². The third kappa shape index (κ3) is 2.04. The highest BCUT2D eigenvalue weighted by Gasteiger charge is 2.83. The smallest absolute Gasteiger partial charge is 0.0721 e. The first-order valence-electron chi connectivity index (χ1n) is 10.1. The number of ether oxygens (including phenoxy) is 1. The Morgan fingerprint density at radius 3 is 2.68 bits per heavy atom. The standard InChI is InChI=1S/C23H32O2/c1-3-4-12-21-15-20(25-16-19-10-6-5-7-11-19)23(18(21)2)14-9-8-13-22(21,23)17-24/h5-7,10-11,20,24H,2-4,8-9,12-17H2,1H3/t20-,21?,22+,23?/m0/s1. The van der Waals surface area contributed by atoms with Gasteiger partial charge in [0.2, 0.25) is 0 Å². The number of aliphatic hydroxyl groups excluding tert-OH is 1. The predicted octanol–water partition coefficient (Wildman–Crippen LogP) is 5.26. The van der Waals surface area contributed by atoms with E-state index in [4.69, 9.17) is 4.74 Å². The van der Waals surface area contributed by atoms with E-state index in [0.717, 1.165) is 19.3 Å². The molecular formula is C23H32O2. The van der Waals surface area contributed by atoms with E-state index in [-0.39, 0.29) is 22.3 Å². The van der Waals surface area contributed by atoms with Crippen LogP contribution in [0.25, 0.3) is 0 Å². The second-order valence-electron chi connectivity index (χ2n) is 8.57. The molecule has 4 aliphatic rings. The number of hydrogen-bond acceptors (Lipinski definition) is 2. The molecule has 2 bridgehead atoms. The van der Waals surface area contributed by atoms with Crippen LogP contribution < -0.4 is 0 Å². The van der Waals surface area contributed by atoms with Crippen LogP contribution in [0, 0.1) is 16.2 Å². The van der Waals surface area contributed by atoms with E-state index in [9.17, 15) is 5.11 Å². The summed E-state index contributed by atoms with van der Waals surface area (Å²) in [5.41, 5.74) is 2.84. The molecule has 4 aliphatic carbocycles. The monoisotopic (exact) mass is 340 g/mol. The Morgan fingerprint density at radius 2 is 1.96 bits per heavy atom. The number of fused-ring (bicyclic) bond motifs is 1. The van der Waals surface area contributed by atoms with Crippen molar-refractivity contribution in [2.75, 3.05) is 6.61 Å². The maximum Gasteiger partial charge on any atom is 0.0721 e. The van der Waals surface area contributed by atoms with Crippen LogP contribution in [0.15, 0.2) is 42.5 Å².